The third-order valence-corrected chi connectivity index (χ3v) is 3.62. The molecule has 0 spiro atoms. The zero-order valence-corrected chi connectivity index (χ0v) is 10.6. The van der Waals surface area contributed by atoms with Crippen LogP contribution in [0.2, 0.25) is 0 Å². The quantitative estimate of drug-likeness (QED) is 0.883. The van der Waals surface area contributed by atoms with E-state index in [-0.39, 0.29) is 5.82 Å². The fourth-order valence-corrected chi connectivity index (χ4v) is 2.73. The minimum Gasteiger partial charge on any atom is -0.314 e. The first-order valence-electron chi connectivity index (χ1n) is 6.59. The number of hydrogen-bond acceptors (Lipinski definition) is 2. The highest BCUT2D eigenvalue weighted by molar-refractivity contribution is 5.48. The van der Waals surface area contributed by atoms with Crippen molar-refractivity contribution in [2.45, 2.75) is 38.6 Å². The van der Waals surface area contributed by atoms with E-state index < -0.39 is 0 Å². The van der Waals surface area contributed by atoms with Gasteiger partial charge in [0.05, 0.1) is 5.69 Å². The summed E-state index contributed by atoms with van der Waals surface area (Å²) in [6.45, 7) is 3.00. The number of nitrogens with zero attached hydrogens (tertiary/aromatic N) is 2. The van der Waals surface area contributed by atoms with Gasteiger partial charge in [0, 0.05) is 24.9 Å². The number of hydrogen-bond donors (Lipinski definition) is 1. The van der Waals surface area contributed by atoms with Crippen LogP contribution in [0.5, 0.6) is 0 Å². The number of aryl methyl sites for hydroxylation is 1. The fraction of sp³-hybridized carbons (Fsp3) is 0.500. The van der Waals surface area contributed by atoms with E-state index >= 15 is 0 Å². The van der Waals surface area contributed by atoms with Crippen LogP contribution in [0.15, 0.2) is 18.5 Å². The number of fused-ring (bicyclic) bond motifs is 1. The Hall–Kier alpha value is -1.42. The molecule has 1 saturated heterocycles. The molecule has 3 rings (SSSR count). The number of aromatic nitrogens is 2. The van der Waals surface area contributed by atoms with Gasteiger partial charge in [-0.3, -0.25) is 0 Å². The summed E-state index contributed by atoms with van der Waals surface area (Å²) in [5, 5.41) is 3.51. The lowest BCUT2D eigenvalue weighted by Gasteiger charge is -2.22. The van der Waals surface area contributed by atoms with Crippen molar-refractivity contribution in [2.75, 3.05) is 6.54 Å². The molecule has 1 atom stereocenters. The molecule has 3 nitrogen and oxygen atoms in total. The van der Waals surface area contributed by atoms with Gasteiger partial charge in [0.25, 0.3) is 0 Å². The highest BCUT2D eigenvalue weighted by Gasteiger charge is 2.15. The number of pyridine rings is 1. The first-order valence-corrected chi connectivity index (χ1v) is 6.59. The van der Waals surface area contributed by atoms with Crippen LogP contribution in [0, 0.1) is 12.7 Å². The van der Waals surface area contributed by atoms with Crippen molar-refractivity contribution in [3.05, 3.63) is 35.5 Å². The minimum absolute atomic E-state index is 0.209. The van der Waals surface area contributed by atoms with Gasteiger partial charge in [-0.15, -0.1) is 0 Å². The Kier molecular flexibility index (Phi) is 3.04. The van der Waals surface area contributed by atoms with Crippen LogP contribution in [0.1, 0.15) is 30.5 Å². The molecule has 1 aliphatic heterocycles. The smallest absolute Gasteiger partial charge is 0.140 e. The molecule has 2 aromatic heterocycles. The number of halogens is 1. The van der Waals surface area contributed by atoms with Gasteiger partial charge in [-0.1, -0.05) is 6.42 Å². The second-order valence-corrected chi connectivity index (χ2v) is 5.16. The highest BCUT2D eigenvalue weighted by atomic mass is 19.1. The summed E-state index contributed by atoms with van der Waals surface area (Å²) >= 11 is 0. The van der Waals surface area contributed by atoms with Gasteiger partial charge in [0.15, 0.2) is 0 Å². The van der Waals surface area contributed by atoms with Crippen LogP contribution in [-0.4, -0.2) is 22.0 Å². The van der Waals surface area contributed by atoms with Gasteiger partial charge in [0.1, 0.15) is 11.5 Å². The SMILES string of the molecule is Cc1cc(F)cn2cc(CC3CCCCN3)nc12. The number of piperidine rings is 1. The molecule has 3 heterocycles. The lowest BCUT2D eigenvalue weighted by atomic mass is 10.0. The monoisotopic (exact) mass is 247 g/mol. The molecule has 0 aliphatic carbocycles. The molecular formula is C14H18FN3. The lowest BCUT2D eigenvalue weighted by molar-refractivity contribution is 0.397. The molecule has 1 aliphatic rings. The Labute approximate surface area is 106 Å². The summed E-state index contributed by atoms with van der Waals surface area (Å²) in [6, 6.07) is 2.05. The second-order valence-electron chi connectivity index (χ2n) is 5.16. The average molecular weight is 247 g/mol. The highest BCUT2D eigenvalue weighted by Crippen LogP contribution is 2.16. The Morgan fingerprint density at radius 1 is 1.44 bits per heavy atom. The van der Waals surface area contributed by atoms with E-state index in [4.69, 9.17) is 0 Å². The lowest BCUT2D eigenvalue weighted by Crippen LogP contribution is -2.35. The number of nitrogens with one attached hydrogen (secondary N) is 1. The van der Waals surface area contributed by atoms with E-state index in [2.05, 4.69) is 10.3 Å². The molecule has 18 heavy (non-hydrogen) atoms. The van der Waals surface area contributed by atoms with E-state index in [1.165, 1.54) is 31.5 Å². The Morgan fingerprint density at radius 3 is 3.11 bits per heavy atom. The van der Waals surface area contributed by atoms with Gasteiger partial charge in [-0.2, -0.15) is 0 Å². The molecule has 1 fully saturated rings. The van der Waals surface area contributed by atoms with E-state index in [1.807, 2.05) is 13.1 Å². The maximum absolute atomic E-state index is 13.3. The van der Waals surface area contributed by atoms with E-state index in [9.17, 15) is 4.39 Å². The molecule has 0 aromatic carbocycles. The van der Waals surface area contributed by atoms with Gasteiger partial charge in [-0.05, 0) is 37.9 Å². The predicted octanol–water partition coefficient (Wildman–Crippen LogP) is 2.47. The van der Waals surface area contributed by atoms with E-state index in [1.54, 1.807) is 4.40 Å². The van der Waals surface area contributed by atoms with Gasteiger partial charge in [0.2, 0.25) is 0 Å². The maximum Gasteiger partial charge on any atom is 0.140 e. The van der Waals surface area contributed by atoms with Gasteiger partial charge < -0.3 is 9.72 Å². The standard InChI is InChI=1S/C14H18FN3/c1-10-6-11(15)8-18-9-13(17-14(10)18)7-12-4-2-3-5-16-12/h6,8-9,12,16H,2-5,7H2,1H3. The van der Waals surface area contributed by atoms with Crippen LogP contribution < -0.4 is 5.32 Å². The fourth-order valence-electron chi connectivity index (χ4n) is 2.73. The Morgan fingerprint density at radius 2 is 2.33 bits per heavy atom. The minimum atomic E-state index is -0.209. The summed E-state index contributed by atoms with van der Waals surface area (Å²) in [5.74, 6) is -0.209. The van der Waals surface area contributed by atoms with Gasteiger partial charge in [-0.25, -0.2) is 9.37 Å². The van der Waals surface area contributed by atoms with Crippen molar-refractivity contribution in [3.63, 3.8) is 0 Å². The molecule has 0 saturated carbocycles. The average Bonchev–Trinajstić information content (AvgIpc) is 2.73. The van der Waals surface area contributed by atoms with Crippen molar-refractivity contribution in [1.82, 2.24) is 14.7 Å². The third-order valence-electron chi connectivity index (χ3n) is 3.62. The number of rotatable bonds is 2. The number of imidazole rings is 1. The molecule has 0 bridgehead atoms. The van der Waals surface area contributed by atoms with E-state index in [0.29, 0.717) is 6.04 Å². The largest absolute Gasteiger partial charge is 0.314 e. The Bertz CT molecular complexity index is 555. The van der Waals surface area contributed by atoms with Crippen LogP contribution in [-0.2, 0) is 6.42 Å². The predicted molar refractivity (Wildman–Crippen MR) is 69.2 cm³/mol. The van der Waals surface area contributed by atoms with Crippen LogP contribution in [0.25, 0.3) is 5.65 Å². The molecule has 96 valence electrons. The molecule has 1 N–H and O–H groups in total. The zero-order chi connectivity index (χ0) is 12.5. The second kappa shape index (κ2) is 4.69. The van der Waals surface area contributed by atoms with Crippen molar-refractivity contribution in [3.8, 4) is 0 Å². The third kappa shape index (κ3) is 2.25. The summed E-state index contributed by atoms with van der Waals surface area (Å²) < 4.78 is 15.1. The van der Waals surface area contributed by atoms with Crippen LogP contribution >= 0.6 is 0 Å². The van der Waals surface area contributed by atoms with Crippen molar-refractivity contribution in [1.29, 1.82) is 0 Å². The van der Waals surface area contributed by atoms with Crippen molar-refractivity contribution < 1.29 is 4.39 Å². The summed E-state index contributed by atoms with van der Waals surface area (Å²) in [6.07, 6.45) is 8.14. The first kappa shape index (κ1) is 11.7. The molecule has 0 amide bonds. The van der Waals surface area contributed by atoms with Crippen LogP contribution in [0.4, 0.5) is 4.39 Å². The van der Waals surface area contributed by atoms with Crippen LogP contribution in [0.3, 0.4) is 0 Å². The van der Waals surface area contributed by atoms with Crippen molar-refractivity contribution >= 4 is 5.65 Å². The normalized spacial score (nSPS) is 20.4. The molecule has 2 aromatic rings. The van der Waals surface area contributed by atoms with Gasteiger partial charge >= 0.3 is 0 Å². The van der Waals surface area contributed by atoms with E-state index in [0.717, 1.165) is 29.9 Å². The zero-order valence-electron chi connectivity index (χ0n) is 10.6. The molecule has 0 radical (unpaired) electrons. The summed E-state index contributed by atoms with van der Waals surface area (Å²) in [5.41, 5.74) is 2.79. The molecule has 4 heteroatoms. The summed E-state index contributed by atoms with van der Waals surface area (Å²) in [7, 11) is 0. The summed E-state index contributed by atoms with van der Waals surface area (Å²) in [4.78, 5) is 4.60. The maximum atomic E-state index is 13.3. The molecule has 1 unspecified atom stereocenters. The Balaban J connectivity index is 1.86. The van der Waals surface area contributed by atoms with Crippen molar-refractivity contribution in [2.24, 2.45) is 0 Å². The first-order chi connectivity index (χ1) is 8.72. The topological polar surface area (TPSA) is 29.3 Å². The molecular weight excluding hydrogens is 229 g/mol.